The van der Waals surface area contributed by atoms with E-state index in [0.29, 0.717) is 6.42 Å². The maximum Gasteiger partial charge on any atom is 0.225 e. The fraction of sp³-hybridized carbons (Fsp3) is 0.240. The van der Waals surface area contributed by atoms with E-state index in [-0.39, 0.29) is 5.82 Å². The molecule has 0 radical (unpaired) electrons. The van der Waals surface area contributed by atoms with Gasteiger partial charge in [-0.2, -0.15) is 10.2 Å². The Balaban J connectivity index is 1.14. The highest BCUT2D eigenvalue weighted by Gasteiger charge is 2.22. The zero-order valence-electron chi connectivity index (χ0n) is 19.3. The summed E-state index contributed by atoms with van der Waals surface area (Å²) in [5.41, 5.74) is 5.12. The van der Waals surface area contributed by atoms with E-state index < -0.39 is 0 Å². The predicted molar refractivity (Wildman–Crippen MR) is 131 cm³/mol. The number of anilines is 2. The summed E-state index contributed by atoms with van der Waals surface area (Å²) in [4.78, 5) is 18.2. The molecule has 1 aliphatic rings. The van der Waals surface area contributed by atoms with Crippen molar-refractivity contribution in [1.82, 2.24) is 34.3 Å². The van der Waals surface area contributed by atoms with Gasteiger partial charge in [0.05, 0.1) is 6.20 Å². The van der Waals surface area contributed by atoms with Crippen LogP contribution >= 0.6 is 0 Å². The molecule has 1 aliphatic heterocycles. The van der Waals surface area contributed by atoms with Gasteiger partial charge in [0.15, 0.2) is 5.82 Å². The number of halogens is 1. The number of benzene rings is 1. The lowest BCUT2D eigenvalue weighted by atomic mass is 10.1. The van der Waals surface area contributed by atoms with E-state index in [1.54, 1.807) is 23.1 Å². The molecule has 0 bridgehead atoms. The van der Waals surface area contributed by atoms with Crippen molar-refractivity contribution in [3.63, 3.8) is 0 Å². The van der Waals surface area contributed by atoms with Crippen LogP contribution in [0, 0.1) is 5.82 Å². The van der Waals surface area contributed by atoms with Crippen LogP contribution in [0.2, 0.25) is 0 Å². The lowest BCUT2D eigenvalue weighted by Crippen LogP contribution is -2.47. The first-order valence-electron chi connectivity index (χ1n) is 11.5. The monoisotopic (exact) mass is 469 g/mol. The molecule has 6 rings (SSSR count). The molecule has 0 saturated carbocycles. The van der Waals surface area contributed by atoms with Gasteiger partial charge in [-0.25, -0.2) is 23.9 Å². The van der Waals surface area contributed by atoms with Crippen molar-refractivity contribution in [3.05, 3.63) is 84.6 Å². The standard InChI is InChI=1S/C25H24FN9/c1-32-15-21(14-30-32)20-11-23-24(29-17-31-35(23)16-20)33-6-8-34(9-7-33)25-27-12-19(13-28-25)10-18-2-4-22(26)5-3-18/h2-5,11-17H,6-10H2,1H3. The van der Waals surface area contributed by atoms with Crippen molar-refractivity contribution >= 4 is 17.3 Å². The molecular formula is C25H24FN9. The average Bonchev–Trinajstić information content (AvgIpc) is 3.52. The summed E-state index contributed by atoms with van der Waals surface area (Å²) in [6.45, 7) is 3.20. The van der Waals surface area contributed by atoms with E-state index in [9.17, 15) is 4.39 Å². The third kappa shape index (κ3) is 4.30. The summed E-state index contributed by atoms with van der Waals surface area (Å²) in [7, 11) is 1.91. The van der Waals surface area contributed by atoms with Crippen LogP contribution in [0.25, 0.3) is 16.6 Å². The highest BCUT2D eigenvalue weighted by Crippen LogP contribution is 2.27. The molecule has 10 heteroatoms. The first-order chi connectivity index (χ1) is 17.1. The summed E-state index contributed by atoms with van der Waals surface area (Å²) in [5, 5.41) is 8.67. The molecule has 0 unspecified atom stereocenters. The molecule has 5 heterocycles. The number of hydrogen-bond acceptors (Lipinski definition) is 7. The molecule has 1 fully saturated rings. The van der Waals surface area contributed by atoms with Gasteiger partial charge in [0.25, 0.3) is 0 Å². The van der Waals surface area contributed by atoms with Crippen LogP contribution in [0.1, 0.15) is 11.1 Å². The SMILES string of the molecule is Cn1cc(-c2cc3c(N4CCN(c5ncc(Cc6ccc(F)cc6)cn5)CC4)ncnn3c2)cn1. The highest BCUT2D eigenvalue weighted by molar-refractivity contribution is 5.77. The number of rotatable bonds is 5. The Hall–Kier alpha value is -4.34. The van der Waals surface area contributed by atoms with E-state index in [1.807, 2.05) is 42.5 Å². The van der Waals surface area contributed by atoms with Crippen LogP contribution in [0.4, 0.5) is 16.2 Å². The average molecular weight is 470 g/mol. The van der Waals surface area contributed by atoms with Crippen molar-refractivity contribution in [2.24, 2.45) is 7.05 Å². The van der Waals surface area contributed by atoms with Gasteiger partial charge in [-0.1, -0.05) is 12.1 Å². The molecule has 9 nitrogen and oxygen atoms in total. The third-order valence-corrected chi connectivity index (χ3v) is 6.30. The lowest BCUT2D eigenvalue weighted by molar-refractivity contribution is 0.627. The Kier molecular flexibility index (Phi) is 5.32. The van der Waals surface area contributed by atoms with Crippen LogP contribution in [0.3, 0.4) is 0 Å². The quantitative estimate of drug-likeness (QED) is 0.392. The zero-order chi connectivity index (χ0) is 23.8. The molecule has 0 amide bonds. The first kappa shape index (κ1) is 21.2. The molecule has 0 spiro atoms. The second-order valence-corrected chi connectivity index (χ2v) is 8.71. The number of piperazine rings is 1. The summed E-state index contributed by atoms with van der Waals surface area (Å²) in [6.07, 6.45) is 11.8. The minimum absolute atomic E-state index is 0.229. The lowest BCUT2D eigenvalue weighted by Gasteiger charge is -2.35. The minimum Gasteiger partial charge on any atom is -0.351 e. The molecule has 1 saturated heterocycles. The van der Waals surface area contributed by atoms with Crippen LogP contribution < -0.4 is 9.80 Å². The molecule has 0 aliphatic carbocycles. The number of fused-ring (bicyclic) bond motifs is 1. The van der Waals surface area contributed by atoms with Crippen LogP contribution in [0.5, 0.6) is 0 Å². The van der Waals surface area contributed by atoms with E-state index in [0.717, 1.165) is 65.7 Å². The molecule has 5 aromatic rings. The number of nitrogens with zero attached hydrogens (tertiary/aromatic N) is 9. The Labute approximate surface area is 201 Å². The van der Waals surface area contributed by atoms with Crippen LogP contribution in [0.15, 0.2) is 67.6 Å². The van der Waals surface area contributed by atoms with Crippen molar-refractivity contribution < 1.29 is 4.39 Å². The number of aromatic nitrogens is 7. The smallest absolute Gasteiger partial charge is 0.225 e. The first-order valence-corrected chi connectivity index (χ1v) is 11.5. The molecule has 35 heavy (non-hydrogen) atoms. The summed E-state index contributed by atoms with van der Waals surface area (Å²) >= 11 is 0. The van der Waals surface area contributed by atoms with Gasteiger partial charge in [0.1, 0.15) is 17.7 Å². The van der Waals surface area contributed by atoms with E-state index in [1.165, 1.54) is 12.1 Å². The molecule has 1 aromatic carbocycles. The van der Waals surface area contributed by atoms with E-state index in [4.69, 9.17) is 0 Å². The molecule has 0 atom stereocenters. The molecule has 0 N–H and O–H groups in total. The predicted octanol–water partition coefficient (Wildman–Crippen LogP) is 2.98. The van der Waals surface area contributed by atoms with Gasteiger partial charge in [0, 0.05) is 75.6 Å². The van der Waals surface area contributed by atoms with Crippen molar-refractivity contribution in [2.75, 3.05) is 36.0 Å². The largest absolute Gasteiger partial charge is 0.351 e. The minimum atomic E-state index is -0.229. The summed E-state index contributed by atoms with van der Waals surface area (Å²) < 4.78 is 16.8. The van der Waals surface area contributed by atoms with Gasteiger partial charge in [-0.15, -0.1) is 0 Å². The topological polar surface area (TPSA) is 80.3 Å². The van der Waals surface area contributed by atoms with E-state index >= 15 is 0 Å². The maximum absolute atomic E-state index is 13.1. The van der Waals surface area contributed by atoms with Gasteiger partial charge in [-0.05, 0) is 29.3 Å². The highest BCUT2D eigenvalue weighted by atomic mass is 19.1. The van der Waals surface area contributed by atoms with E-state index in [2.05, 4.69) is 41.0 Å². The number of aryl methyl sites for hydroxylation is 1. The fourth-order valence-corrected chi connectivity index (χ4v) is 4.45. The van der Waals surface area contributed by atoms with Gasteiger partial charge >= 0.3 is 0 Å². The molecule has 4 aromatic heterocycles. The molecule has 176 valence electrons. The Bertz CT molecular complexity index is 1450. The van der Waals surface area contributed by atoms with Crippen molar-refractivity contribution in [2.45, 2.75) is 6.42 Å². The number of hydrogen-bond donors (Lipinski definition) is 0. The van der Waals surface area contributed by atoms with Crippen LogP contribution in [-0.4, -0.2) is 60.5 Å². The van der Waals surface area contributed by atoms with Crippen molar-refractivity contribution in [3.8, 4) is 11.1 Å². The van der Waals surface area contributed by atoms with Crippen LogP contribution in [-0.2, 0) is 13.5 Å². The third-order valence-electron chi connectivity index (χ3n) is 6.30. The normalized spacial score (nSPS) is 14.1. The van der Waals surface area contributed by atoms with Gasteiger partial charge < -0.3 is 9.80 Å². The Morgan fingerprint density at radius 1 is 0.800 bits per heavy atom. The zero-order valence-corrected chi connectivity index (χ0v) is 19.3. The second-order valence-electron chi connectivity index (χ2n) is 8.71. The fourth-order valence-electron chi connectivity index (χ4n) is 4.45. The summed E-state index contributed by atoms with van der Waals surface area (Å²) in [6, 6.07) is 8.64. The molecular weight excluding hydrogens is 445 g/mol. The van der Waals surface area contributed by atoms with Gasteiger partial charge in [0.2, 0.25) is 5.95 Å². The summed E-state index contributed by atoms with van der Waals surface area (Å²) in [5.74, 6) is 1.42. The maximum atomic E-state index is 13.1. The second kappa shape index (κ2) is 8.79. The van der Waals surface area contributed by atoms with Gasteiger partial charge in [-0.3, -0.25) is 4.68 Å². The van der Waals surface area contributed by atoms with Crippen molar-refractivity contribution in [1.29, 1.82) is 0 Å². The Morgan fingerprint density at radius 3 is 2.26 bits per heavy atom. The Morgan fingerprint density at radius 2 is 1.54 bits per heavy atom.